The second-order valence-corrected chi connectivity index (χ2v) is 7.58. The fourth-order valence-electron chi connectivity index (χ4n) is 3.98. The van der Waals surface area contributed by atoms with Gasteiger partial charge < -0.3 is 10.1 Å². The van der Waals surface area contributed by atoms with Gasteiger partial charge in [-0.3, -0.25) is 28.9 Å². The summed E-state index contributed by atoms with van der Waals surface area (Å²) in [4.78, 5) is 72.1. The standard InChI is InChI=1S/C22H15N5O7.2CH4/c28-18-14-5-1-2-6-15(14)19(29)25(18)12-13(11-24-10-9-23-22(24)27(32)33)34-26-20(30)16-7-3-4-8-17(16)21(26)31;;/h1-10,13H,11-12H2;2*1H4/t13-;;/m1../s1. The maximum atomic E-state index is 12.8. The Morgan fingerprint density at radius 2 is 1.28 bits per heavy atom. The third-order valence-electron chi connectivity index (χ3n) is 5.53. The molecule has 0 bridgehead atoms. The summed E-state index contributed by atoms with van der Waals surface area (Å²) in [6.07, 6.45) is 1.34. The number of nitrogens with zero attached hydrogens (tertiary/aromatic N) is 5. The Morgan fingerprint density at radius 3 is 1.75 bits per heavy atom. The maximum absolute atomic E-state index is 12.8. The molecule has 36 heavy (non-hydrogen) atoms. The minimum absolute atomic E-state index is 0. The van der Waals surface area contributed by atoms with Gasteiger partial charge in [0, 0.05) is 0 Å². The summed E-state index contributed by atoms with van der Waals surface area (Å²) in [6.45, 7) is -0.633. The van der Waals surface area contributed by atoms with E-state index in [1.54, 1.807) is 24.3 Å². The van der Waals surface area contributed by atoms with Crippen LogP contribution in [0.4, 0.5) is 5.95 Å². The van der Waals surface area contributed by atoms with Crippen LogP contribution in [0.1, 0.15) is 56.3 Å². The fourth-order valence-corrected chi connectivity index (χ4v) is 3.98. The molecule has 12 nitrogen and oxygen atoms in total. The van der Waals surface area contributed by atoms with E-state index in [-0.39, 0.29) is 50.2 Å². The molecule has 0 N–H and O–H groups in total. The highest BCUT2D eigenvalue weighted by atomic mass is 16.7. The molecule has 3 heterocycles. The second kappa shape index (κ2) is 9.88. The Hall–Kier alpha value is -4.71. The zero-order valence-electron chi connectivity index (χ0n) is 17.4. The molecular formula is C24H23N5O7. The Morgan fingerprint density at radius 1 is 0.806 bits per heavy atom. The summed E-state index contributed by atoms with van der Waals surface area (Å²) in [5, 5.41) is 11.9. The van der Waals surface area contributed by atoms with Crippen molar-refractivity contribution in [2.75, 3.05) is 6.54 Å². The van der Waals surface area contributed by atoms with Crippen LogP contribution in [0.5, 0.6) is 0 Å². The summed E-state index contributed by atoms with van der Waals surface area (Å²) in [6, 6.07) is 12.4. The zero-order valence-corrected chi connectivity index (χ0v) is 17.4. The topological polar surface area (TPSA) is 145 Å². The van der Waals surface area contributed by atoms with E-state index in [0.717, 1.165) is 9.47 Å². The van der Waals surface area contributed by atoms with Crippen molar-refractivity contribution in [2.24, 2.45) is 0 Å². The molecule has 0 unspecified atom stereocenters. The van der Waals surface area contributed by atoms with Gasteiger partial charge in [0.1, 0.15) is 25.0 Å². The first-order valence-electron chi connectivity index (χ1n) is 10.1. The number of imidazole rings is 1. The minimum Gasteiger partial charge on any atom is -0.390 e. The number of hydrogen-bond donors (Lipinski definition) is 0. The van der Waals surface area contributed by atoms with Crippen molar-refractivity contribution in [1.82, 2.24) is 19.5 Å². The molecule has 0 saturated carbocycles. The molecular weight excluding hydrogens is 470 g/mol. The van der Waals surface area contributed by atoms with E-state index in [0.29, 0.717) is 5.06 Å². The second-order valence-electron chi connectivity index (χ2n) is 7.58. The van der Waals surface area contributed by atoms with Crippen molar-refractivity contribution in [3.8, 4) is 0 Å². The summed E-state index contributed by atoms with van der Waals surface area (Å²) in [7, 11) is 0. The molecule has 1 atom stereocenters. The van der Waals surface area contributed by atoms with Crippen LogP contribution in [0.3, 0.4) is 0 Å². The van der Waals surface area contributed by atoms with Crippen molar-refractivity contribution in [3.63, 3.8) is 0 Å². The van der Waals surface area contributed by atoms with Crippen LogP contribution < -0.4 is 0 Å². The first-order valence-corrected chi connectivity index (χ1v) is 10.1. The van der Waals surface area contributed by atoms with E-state index < -0.39 is 40.6 Å². The number of rotatable bonds is 7. The molecule has 5 rings (SSSR count). The zero-order chi connectivity index (χ0) is 24.0. The van der Waals surface area contributed by atoms with Gasteiger partial charge in [-0.2, -0.15) is 0 Å². The number of hydrogen-bond acceptors (Lipinski definition) is 8. The van der Waals surface area contributed by atoms with Crippen LogP contribution in [0, 0.1) is 10.1 Å². The first-order chi connectivity index (χ1) is 16.4. The largest absolute Gasteiger partial charge is 0.434 e. The number of benzene rings is 2. The summed E-state index contributed by atoms with van der Waals surface area (Å²) in [5.74, 6) is -3.08. The average molecular weight is 493 g/mol. The number of carbonyl (C=O) groups is 4. The van der Waals surface area contributed by atoms with Gasteiger partial charge in [-0.15, -0.1) is 5.06 Å². The molecule has 2 aliphatic heterocycles. The molecule has 0 saturated heterocycles. The lowest BCUT2D eigenvalue weighted by Crippen LogP contribution is -2.44. The van der Waals surface area contributed by atoms with Crippen molar-refractivity contribution < 1.29 is 28.9 Å². The van der Waals surface area contributed by atoms with E-state index in [2.05, 4.69) is 4.98 Å². The quantitative estimate of drug-likeness (QED) is 0.277. The van der Waals surface area contributed by atoms with Crippen LogP contribution in [0.25, 0.3) is 0 Å². The molecule has 186 valence electrons. The van der Waals surface area contributed by atoms with Crippen LogP contribution in [0.2, 0.25) is 0 Å². The third-order valence-corrected chi connectivity index (χ3v) is 5.53. The van der Waals surface area contributed by atoms with Gasteiger partial charge in [-0.05, 0) is 29.2 Å². The van der Waals surface area contributed by atoms with Crippen molar-refractivity contribution >= 4 is 29.6 Å². The van der Waals surface area contributed by atoms with E-state index in [4.69, 9.17) is 4.84 Å². The summed E-state index contributed by atoms with van der Waals surface area (Å²) < 4.78 is 1.14. The predicted octanol–water partition coefficient (Wildman–Crippen LogP) is 2.96. The Bertz CT molecular complexity index is 1230. The molecule has 4 amide bonds. The van der Waals surface area contributed by atoms with Gasteiger partial charge in [0.15, 0.2) is 0 Å². The van der Waals surface area contributed by atoms with Gasteiger partial charge in [-0.25, -0.2) is 4.57 Å². The highest BCUT2D eigenvalue weighted by molar-refractivity contribution is 6.21. The van der Waals surface area contributed by atoms with Crippen LogP contribution in [-0.2, 0) is 11.4 Å². The van der Waals surface area contributed by atoms with Gasteiger partial charge in [0.25, 0.3) is 23.6 Å². The van der Waals surface area contributed by atoms with Gasteiger partial charge in [-0.1, -0.05) is 44.1 Å². The normalized spacial score (nSPS) is 14.8. The van der Waals surface area contributed by atoms with Gasteiger partial charge in [0.2, 0.25) is 0 Å². The number of imide groups is 2. The number of carbonyl (C=O) groups excluding carboxylic acids is 4. The molecule has 0 radical (unpaired) electrons. The SMILES string of the molecule is C.C.O=C1c2ccccc2C(=O)N1C[C@@H](Cn1ccnc1[N+](=O)[O-])ON1C(=O)c2ccccc2C1=O. The molecule has 2 aliphatic rings. The number of fused-ring (bicyclic) bond motifs is 2. The van der Waals surface area contributed by atoms with E-state index in [1.807, 2.05) is 0 Å². The Balaban J connectivity index is 0.00000180. The van der Waals surface area contributed by atoms with Gasteiger partial charge >= 0.3 is 5.95 Å². The number of amides is 4. The molecule has 1 aromatic heterocycles. The maximum Gasteiger partial charge on any atom is 0.434 e. The molecule has 3 aromatic rings. The van der Waals surface area contributed by atoms with Crippen molar-refractivity contribution in [2.45, 2.75) is 27.5 Å². The van der Waals surface area contributed by atoms with Gasteiger partial charge in [0.05, 0.1) is 28.8 Å². The Labute approximate surface area is 205 Å². The highest BCUT2D eigenvalue weighted by Gasteiger charge is 2.41. The van der Waals surface area contributed by atoms with E-state index >= 15 is 0 Å². The number of nitro groups is 1. The van der Waals surface area contributed by atoms with Crippen LogP contribution in [0.15, 0.2) is 60.9 Å². The molecule has 2 aromatic carbocycles. The predicted molar refractivity (Wildman–Crippen MR) is 126 cm³/mol. The Kier molecular flexibility index (Phi) is 7.11. The summed E-state index contributed by atoms with van der Waals surface area (Å²) >= 11 is 0. The number of hydroxylamine groups is 2. The lowest BCUT2D eigenvalue weighted by atomic mass is 10.1. The van der Waals surface area contributed by atoms with Crippen molar-refractivity contribution in [1.29, 1.82) is 0 Å². The average Bonchev–Trinajstić information content (AvgIpc) is 3.47. The molecule has 0 fully saturated rings. The molecule has 0 spiro atoms. The first kappa shape index (κ1) is 25.9. The lowest BCUT2D eigenvalue weighted by molar-refractivity contribution is -0.397. The summed E-state index contributed by atoms with van der Waals surface area (Å²) in [5.41, 5.74) is 0.697. The third kappa shape index (κ3) is 4.14. The van der Waals surface area contributed by atoms with Crippen molar-refractivity contribution in [3.05, 3.63) is 93.3 Å². The van der Waals surface area contributed by atoms with E-state index in [1.165, 1.54) is 36.7 Å². The van der Waals surface area contributed by atoms with Crippen LogP contribution >= 0.6 is 0 Å². The fraction of sp³-hybridized carbons (Fsp3) is 0.208. The smallest absolute Gasteiger partial charge is 0.390 e. The molecule has 0 aliphatic carbocycles. The van der Waals surface area contributed by atoms with E-state index in [9.17, 15) is 29.3 Å². The highest BCUT2D eigenvalue weighted by Crippen LogP contribution is 2.27. The monoisotopic (exact) mass is 493 g/mol. The van der Waals surface area contributed by atoms with Crippen LogP contribution in [-0.4, -0.2) is 60.7 Å². The number of aromatic nitrogens is 2. The lowest BCUT2D eigenvalue weighted by Gasteiger charge is -2.25. The molecule has 12 heteroatoms. The minimum atomic E-state index is -1.18.